The predicted molar refractivity (Wildman–Crippen MR) is 137 cm³/mol. The molecule has 3 rings (SSSR count). The highest BCUT2D eigenvalue weighted by molar-refractivity contribution is 5.98. The number of Topliss-reactive ketones (excluding diaryl/α,β-unsaturated/α-hetero) is 1. The summed E-state index contributed by atoms with van der Waals surface area (Å²) >= 11 is 0. The zero-order valence-electron chi connectivity index (χ0n) is 21.4. The molecule has 0 spiro atoms. The molecule has 0 aliphatic carbocycles. The molecule has 1 aliphatic heterocycles. The van der Waals surface area contributed by atoms with Crippen LogP contribution in [0, 0.1) is 5.92 Å². The van der Waals surface area contributed by atoms with E-state index in [0.29, 0.717) is 32.1 Å². The molecular weight excluding hydrogens is 515 g/mol. The molecular formula is C28H32F3N3O5. The van der Waals surface area contributed by atoms with E-state index in [4.69, 9.17) is 4.84 Å². The monoisotopic (exact) mass is 547 g/mol. The van der Waals surface area contributed by atoms with Crippen LogP contribution in [0.4, 0.5) is 18.9 Å². The summed E-state index contributed by atoms with van der Waals surface area (Å²) in [6, 6.07) is 13.0. The average Bonchev–Trinajstić information content (AvgIpc) is 3.34. The number of alkyl halides is 3. The standard InChI is InChI=1S/C28H32F3N3O5/c29-28(30,31)21-11-7-12-22(17-21)32-27(38)20(16-24(35)23-14-15-25(36)33-23)10-5-2-6-13-26(37)34-39-18-19-8-3-1-4-9-19/h1,3-4,7-9,11-12,17,20,23H,2,5-6,10,13-16,18H2,(H,32,38)(H,33,36)(H,34,37)/t20-,23-/m1/s1. The van der Waals surface area contributed by atoms with Crippen molar-refractivity contribution in [2.24, 2.45) is 5.92 Å². The van der Waals surface area contributed by atoms with Gasteiger partial charge in [-0.05, 0) is 43.0 Å². The molecule has 0 radical (unpaired) electrons. The first-order chi connectivity index (χ1) is 18.6. The fraction of sp³-hybridized carbons (Fsp3) is 0.429. The van der Waals surface area contributed by atoms with Gasteiger partial charge < -0.3 is 10.6 Å². The molecule has 3 N–H and O–H groups in total. The lowest BCUT2D eigenvalue weighted by Gasteiger charge is -2.19. The number of halogens is 3. The fourth-order valence-electron chi connectivity index (χ4n) is 4.26. The summed E-state index contributed by atoms with van der Waals surface area (Å²) in [6.07, 6.45) is -1.99. The van der Waals surface area contributed by atoms with E-state index < -0.39 is 29.6 Å². The van der Waals surface area contributed by atoms with Crippen molar-refractivity contribution in [1.82, 2.24) is 10.8 Å². The van der Waals surface area contributed by atoms with Crippen LogP contribution in [0.3, 0.4) is 0 Å². The molecule has 1 saturated heterocycles. The van der Waals surface area contributed by atoms with Gasteiger partial charge in [0.1, 0.15) is 0 Å². The molecule has 1 aliphatic rings. The van der Waals surface area contributed by atoms with Gasteiger partial charge in [-0.2, -0.15) is 13.2 Å². The van der Waals surface area contributed by atoms with E-state index in [2.05, 4.69) is 16.1 Å². The molecule has 1 heterocycles. The first-order valence-electron chi connectivity index (χ1n) is 12.9. The second-order valence-electron chi connectivity index (χ2n) is 9.49. The van der Waals surface area contributed by atoms with Crippen LogP contribution in [-0.4, -0.2) is 29.5 Å². The number of anilines is 1. The highest BCUT2D eigenvalue weighted by Crippen LogP contribution is 2.31. The zero-order chi connectivity index (χ0) is 28.3. The van der Waals surface area contributed by atoms with Gasteiger partial charge >= 0.3 is 6.18 Å². The number of unbranched alkanes of at least 4 members (excludes halogenated alkanes) is 2. The number of rotatable bonds is 14. The number of hydrogen-bond acceptors (Lipinski definition) is 5. The van der Waals surface area contributed by atoms with Crippen molar-refractivity contribution in [3.8, 4) is 0 Å². The van der Waals surface area contributed by atoms with E-state index in [1.165, 1.54) is 12.1 Å². The van der Waals surface area contributed by atoms with Gasteiger partial charge in [0.15, 0.2) is 5.78 Å². The van der Waals surface area contributed by atoms with Crippen LogP contribution in [0.1, 0.15) is 62.5 Å². The van der Waals surface area contributed by atoms with Crippen LogP contribution in [0.2, 0.25) is 0 Å². The van der Waals surface area contributed by atoms with Crippen molar-refractivity contribution in [2.45, 2.75) is 70.2 Å². The van der Waals surface area contributed by atoms with E-state index in [1.807, 2.05) is 30.3 Å². The molecule has 0 aromatic heterocycles. The zero-order valence-corrected chi connectivity index (χ0v) is 21.4. The normalized spacial score (nSPS) is 15.9. The van der Waals surface area contributed by atoms with Gasteiger partial charge in [-0.25, -0.2) is 5.48 Å². The van der Waals surface area contributed by atoms with Crippen molar-refractivity contribution in [3.63, 3.8) is 0 Å². The fourth-order valence-corrected chi connectivity index (χ4v) is 4.26. The van der Waals surface area contributed by atoms with Crippen molar-refractivity contribution >= 4 is 29.2 Å². The molecule has 3 amide bonds. The Kier molecular flexibility index (Phi) is 11.0. The third-order valence-electron chi connectivity index (χ3n) is 6.38. The van der Waals surface area contributed by atoms with Crippen LogP contribution in [0.15, 0.2) is 54.6 Å². The molecule has 2 atom stereocenters. The van der Waals surface area contributed by atoms with Crippen LogP contribution in [0.5, 0.6) is 0 Å². The molecule has 2 aromatic carbocycles. The Morgan fingerprint density at radius 2 is 1.79 bits per heavy atom. The quantitative estimate of drug-likeness (QED) is 0.235. The van der Waals surface area contributed by atoms with Crippen molar-refractivity contribution < 1.29 is 37.2 Å². The Hall–Kier alpha value is -3.73. The maximum Gasteiger partial charge on any atom is 0.416 e. The smallest absolute Gasteiger partial charge is 0.346 e. The lowest BCUT2D eigenvalue weighted by Crippen LogP contribution is -2.36. The highest BCUT2D eigenvalue weighted by atomic mass is 19.4. The molecule has 39 heavy (non-hydrogen) atoms. The Morgan fingerprint density at radius 3 is 2.49 bits per heavy atom. The molecule has 0 saturated carbocycles. The SMILES string of the molecule is O=C(CCCCC[C@H](CC(=O)[C@H]1CCC(=O)N1)C(=O)Nc1cccc(C(F)(F)F)c1)NOCc1ccccc1. The van der Waals surface area contributed by atoms with Gasteiger partial charge in [0.2, 0.25) is 17.7 Å². The van der Waals surface area contributed by atoms with E-state index in [0.717, 1.165) is 17.7 Å². The predicted octanol–water partition coefficient (Wildman–Crippen LogP) is 4.70. The first-order valence-corrected chi connectivity index (χ1v) is 12.9. The van der Waals surface area contributed by atoms with Gasteiger partial charge in [0.25, 0.3) is 0 Å². The number of carbonyl (C=O) groups is 4. The molecule has 210 valence electrons. The summed E-state index contributed by atoms with van der Waals surface area (Å²) in [4.78, 5) is 54.4. The highest BCUT2D eigenvalue weighted by Gasteiger charge is 2.32. The molecule has 2 aromatic rings. The van der Waals surface area contributed by atoms with Crippen LogP contribution < -0.4 is 16.1 Å². The molecule has 11 heteroatoms. The lowest BCUT2D eigenvalue weighted by atomic mass is 9.91. The van der Waals surface area contributed by atoms with Gasteiger partial charge in [-0.3, -0.25) is 24.0 Å². The van der Waals surface area contributed by atoms with Crippen molar-refractivity contribution in [1.29, 1.82) is 0 Å². The Labute approximate surface area is 224 Å². The van der Waals surface area contributed by atoms with Crippen molar-refractivity contribution in [3.05, 3.63) is 65.7 Å². The summed E-state index contributed by atoms with van der Waals surface area (Å²) in [5, 5.41) is 5.08. The van der Waals surface area contributed by atoms with Gasteiger partial charge in [0, 0.05) is 30.9 Å². The van der Waals surface area contributed by atoms with E-state index >= 15 is 0 Å². The summed E-state index contributed by atoms with van der Waals surface area (Å²) < 4.78 is 39.2. The maximum absolute atomic E-state index is 13.1. The van der Waals surface area contributed by atoms with Gasteiger partial charge in [-0.15, -0.1) is 0 Å². The third-order valence-corrected chi connectivity index (χ3v) is 6.38. The number of carbonyl (C=O) groups excluding carboxylic acids is 4. The number of benzene rings is 2. The largest absolute Gasteiger partial charge is 0.416 e. The van der Waals surface area contributed by atoms with Gasteiger partial charge in [-0.1, -0.05) is 49.2 Å². The van der Waals surface area contributed by atoms with E-state index in [-0.39, 0.29) is 49.2 Å². The third kappa shape index (κ3) is 10.2. The van der Waals surface area contributed by atoms with Gasteiger partial charge in [0.05, 0.1) is 18.2 Å². The second kappa shape index (κ2) is 14.4. The Bertz CT molecular complexity index is 1140. The minimum absolute atomic E-state index is 0.0198. The summed E-state index contributed by atoms with van der Waals surface area (Å²) in [5.41, 5.74) is 2.39. The molecule has 0 bridgehead atoms. The average molecular weight is 548 g/mol. The van der Waals surface area contributed by atoms with Crippen LogP contribution >= 0.6 is 0 Å². The number of amides is 3. The number of hydrogen-bond donors (Lipinski definition) is 3. The second-order valence-corrected chi connectivity index (χ2v) is 9.49. The summed E-state index contributed by atoms with van der Waals surface area (Å²) in [7, 11) is 0. The van der Waals surface area contributed by atoms with Crippen molar-refractivity contribution in [2.75, 3.05) is 5.32 Å². The number of ketones is 1. The summed E-state index contributed by atoms with van der Waals surface area (Å²) in [6.45, 7) is 0.241. The molecule has 8 nitrogen and oxygen atoms in total. The number of nitrogens with one attached hydrogen (secondary N) is 3. The first kappa shape index (κ1) is 29.8. The summed E-state index contributed by atoms with van der Waals surface area (Å²) in [5.74, 6) is -2.17. The Balaban J connectivity index is 1.48. The topological polar surface area (TPSA) is 114 Å². The Morgan fingerprint density at radius 1 is 1.03 bits per heavy atom. The molecule has 0 unspecified atom stereocenters. The van der Waals surface area contributed by atoms with Crippen LogP contribution in [0.25, 0.3) is 0 Å². The minimum atomic E-state index is -4.56. The maximum atomic E-state index is 13.1. The lowest BCUT2D eigenvalue weighted by molar-refractivity contribution is -0.137. The van der Waals surface area contributed by atoms with Crippen LogP contribution in [-0.2, 0) is 36.8 Å². The number of hydroxylamine groups is 1. The molecule has 1 fully saturated rings. The van der Waals surface area contributed by atoms with E-state index in [9.17, 15) is 32.3 Å². The van der Waals surface area contributed by atoms with E-state index in [1.54, 1.807) is 0 Å². The minimum Gasteiger partial charge on any atom is -0.346 e.